The zero-order chi connectivity index (χ0) is 27.4. The van der Waals surface area contributed by atoms with Gasteiger partial charge in [0.1, 0.15) is 0 Å². The molecule has 0 radical (unpaired) electrons. The largest absolute Gasteiger partial charge is 0.369 e. The van der Waals surface area contributed by atoms with Gasteiger partial charge in [-0.25, -0.2) is 5.43 Å². The molecular formula is C33H37N5O. The predicted octanol–water partition coefficient (Wildman–Crippen LogP) is 5.80. The summed E-state index contributed by atoms with van der Waals surface area (Å²) in [6.45, 7) is 13.4. The van der Waals surface area contributed by atoms with Gasteiger partial charge in [-0.15, -0.1) is 0 Å². The Morgan fingerprint density at radius 1 is 0.846 bits per heavy atom. The van der Waals surface area contributed by atoms with Crippen LogP contribution < -0.4 is 10.3 Å². The van der Waals surface area contributed by atoms with E-state index in [1.165, 1.54) is 28.1 Å². The molecular weight excluding hydrogens is 482 g/mol. The summed E-state index contributed by atoms with van der Waals surface area (Å²) in [5.41, 5.74) is 12.7. The second kappa shape index (κ2) is 11.7. The molecule has 1 aliphatic heterocycles. The minimum Gasteiger partial charge on any atom is -0.369 e. The van der Waals surface area contributed by atoms with Gasteiger partial charge in [-0.3, -0.25) is 9.69 Å². The summed E-state index contributed by atoms with van der Waals surface area (Å²) in [6, 6.07) is 26.9. The summed E-state index contributed by atoms with van der Waals surface area (Å²) in [4.78, 5) is 17.6. The number of nitrogens with one attached hydrogen (secondary N) is 1. The molecule has 1 fully saturated rings. The van der Waals surface area contributed by atoms with Gasteiger partial charge in [0.25, 0.3) is 5.91 Å². The van der Waals surface area contributed by atoms with Crippen LogP contribution in [0.25, 0.3) is 5.69 Å². The van der Waals surface area contributed by atoms with E-state index in [4.69, 9.17) is 0 Å². The number of carbonyl (C=O) groups excluding carboxylic acids is 1. The zero-order valence-electron chi connectivity index (χ0n) is 23.3. The van der Waals surface area contributed by atoms with Gasteiger partial charge in [0.15, 0.2) is 0 Å². The first-order valence-electron chi connectivity index (χ1n) is 13.6. The number of hydrogen-bond donors (Lipinski definition) is 1. The van der Waals surface area contributed by atoms with E-state index in [0.29, 0.717) is 5.56 Å². The fourth-order valence-corrected chi connectivity index (χ4v) is 5.47. The van der Waals surface area contributed by atoms with Gasteiger partial charge in [0.2, 0.25) is 0 Å². The first-order valence-corrected chi connectivity index (χ1v) is 13.6. The van der Waals surface area contributed by atoms with Crippen molar-refractivity contribution >= 4 is 17.8 Å². The number of hydrazone groups is 1. The third-order valence-electron chi connectivity index (χ3n) is 7.62. The molecule has 1 amide bonds. The molecule has 1 aromatic heterocycles. The van der Waals surface area contributed by atoms with Crippen LogP contribution in [0.15, 0.2) is 84.0 Å². The van der Waals surface area contributed by atoms with Crippen LogP contribution in [0.1, 0.15) is 44.0 Å². The van der Waals surface area contributed by atoms with Crippen molar-refractivity contribution in [2.45, 2.75) is 34.2 Å². The summed E-state index contributed by atoms with van der Waals surface area (Å²) in [7, 11) is 0. The Morgan fingerprint density at radius 3 is 2.18 bits per heavy atom. The Balaban J connectivity index is 1.16. The molecule has 200 valence electrons. The number of para-hydroxylation sites is 2. The molecule has 3 aromatic carbocycles. The summed E-state index contributed by atoms with van der Waals surface area (Å²) in [5, 5.41) is 4.27. The number of aryl methyl sites for hydroxylation is 3. The number of anilines is 1. The van der Waals surface area contributed by atoms with Crippen molar-refractivity contribution in [3.05, 3.63) is 118 Å². The van der Waals surface area contributed by atoms with Gasteiger partial charge in [0, 0.05) is 60.9 Å². The third kappa shape index (κ3) is 5.96. The number of aromatic nitrogens is 1. The Kier molecular flexibility index (Phi) is 7.94. The smallest absolute Gasteiger partial charge is 0.271 e. The molecule has 0 aliphatic carbocycles. The second-order valence-corrected chi connectivity index (χ2v) is 10.4. The lowest BCUT2D eigenvalue weighted by atomic mass is 10.1. The summed E-state index contributed by atoms with van der Waals surface area (Å²) >= 11 is 0. The van der Waals surface area contributed by atoms with Gasteiger partial charge in [0.05, 0.1) is 11.9 Å². The molecule has 0 saturated carbocycles. The van der Waals surface area contributed by atoms with Crippen molar-refractivity contribution in [3.8, 4) is 5.69 Å². The van der Waals surface area contributed by atoms with Crippen molar-refractivity contribution in [3.63, 3.8) is 0 Å². The maximum atomic E-state index is 12.7. The lowest BCUT2D eigenvalue weighted by Gasteiger charge is -2.36. The van der Waals surface area contributed by atoms with Gasteiger partial charge >= 0.3 is 0 Å². The van der Waals surface area contributed by atoms with E-state index in [1.54, 1.807) is 6.21 Å². The van der Waals surface area contributed by atoms with Crippen molar-refractivity contribution in [1.29, 1.82) is 0 Å². The Hall–Kier alpha value is -4.16. The predicted molar refractivity (Wildman–Crippen MR) is 160 cm³/mol. The maximum Gasteiger partial charge on any atom is 0.271 e. The van der Waals surface area contributed by atoms with Crippen molar-refractivity contribution in [2.75, 3.05) is 31.1 Å². The topological polar surface area (TPSA) is 52.9 Å². The Morgan fingerprint density at radius 2 is 1.51 bits per heavy atom. The number of piperazine rings is 1. The van der Waals surface area contributed by atoms with Gasteiger partial charge in [-0.2, -0.15) is 5.10 Å². The fourth-order valence-electron chi connectivity index (χ4n) is 5.47. The van der Waals surface area contributed by atoms with Crippen molar-refractivity contribution in [1.82, 2.24) is 14.9 Å². The van der Waals surface area contributed by atoms with E-state index in [9.17, 15) is 4.79 Å². The third-order valence-corrected chi connectivity index (χ3v) is 7.62. The summed E-state index contributed by atoms with van der Waals surface area (Å²) in [6.07, 6.45) is 1.73. The summed E-state index contributed by atoms with van der Waals surface area (Å²) < 4.78 is 2.26. The average molecular weight is 520 g/mol. The first kappa shape index (κ1) is 26.4. The van der Waals surface area contributed by atoms with E-state index in [2.05, 4.69) is 107 Å². The minimum atomic E-state index is -0.210. The Bertz CT molecular complexity index is 1440. The highest BCUT2D eigenvalue weighted by atomic mass is 16.2. The molecule has 39 heavy (non-hydrogen) atoms. The molecule has 4 aromatic rings. The van der Waals surface area contributed by atoms with Crippen LogP contribution in [0.2, 0.25) is 0 Å². The molecule has 0 bridgehead atoms. The monoisotopic (exact) mass is 519 g/mol. The van der Waals surface area contributed by atoms with Crippen LogP contribution >= 0.6 is 0 Å². The van der Waals surface area contributed by atoms with E-state index < -0.39 is 0 Å². The number of hydrogen-bond acceptors (Lipinski definition) is 4. The molecule has 1 N–H and O–H groups in total. The zero-order valence-corrected chi connectivity index (χ0v) is 23.3. The Labute approximate surface area is 231 Å². The lowest BCUT2D eigenvalue weighted by Crippen LogP contribution is -2.45. The number of rotatable bonds is 7. The molecule has 2 heterocycles. The quantitative estimate of drug-likeness (QED) is 0.248. The van der Waals surface area contributed by atoms with Gasteiger partial charge in [-0.05, 0) is 74.7 Å². The lowest BCUT2D eigenvalue weighted by molar-refractivity contribution is 0.0955. The van der Waals surface area contributed by atoms with E-state index in [1.807, 2.05) is 24.3 Å². The van der Waals surface area contributed by atoms with Crippen LogP contribution in [-0.2, 0) is 6.54 Å². The number of nitrogens with zero attached hydrogens (tertiary/aromatic N) is 4. The van der Waals surface area contributed by atoms with Gasteiger partial charge < -0.3 is 9.47 Å². The number of carbonyl (C=O) groups is 1. The minimum absolute atomic E-state index is 0.210. The number of amides is 1. The summed E-state index contributed by atoms with van der Waals surface area (Å²) in [5.74, 6) is -0.210. The molecule has 6 nitrogen and oxygen atoms in total. The van der Waals surface area contributed by atoms with E-state index in [0.717, 1.165) is 49.7 Å². The standard InChI is InChI=1S/C33H37N5O/c1-24-9-8-10-25(2)32(24)38-26(3)21-30(27(38)4)22-34-35-33(39)29-15-13-28(14-16-29)23-36-17-19-37(20-18-36)31-11-6-5-7-12-31/h5-16,21-22H,17-20,23H2,1-4H3,(H,35,39)/b34-22-. The van der Waals surface area contributed by atoms with Gasteiger partial charge in [-0.1, -0.05) is 48.5 Å². The van der Waals surface area contributed by atoms with Crippen LogP contribution in [0, 0.1) is 27.7 Å². The molecule has 1 saturated heterocycles. The van der Waals surface area contributed by atoms with Crippen LogP contribution in [-0.4, -0.2) is 47.8 Å². The van der Waals surface area contributed by atoms with Crippen molar-refractivity contribution in [2.24, 2.45) is 5.10 Å². The van der Waals surface area contributed by atoms with Crippen molar-refractivity contribution < 1.29 is 4.79 Å². The molecule has 0 unspecified atom stereocenters. The SMILES string of the molecule is Cc1cccc(C)c1-n1c(C)cc(/C=N\NC(=O)c2ccc(CN3CCN(c4ccccc4)CC3)cc2)c1C. The normalized spacial score (nSPS) is 14.2. The molecule has 6 heteroatoms. The fraction of sp³-hybridized carbons (Fsp3) is 0.273. The number of benzene rings is 3. The average Bonchev–Trinajstić information content (AvgIpc) is 3.22. The molecule has 0 spiro atoms. The van der Waals surface area contributed by atoms with Crippen LogP contribution in [0.3, 0.4) is 0 Å². The highest BCUT2D eigenvalue weighted by Gasteiger charge is 2.17. The van der Waals surface area contributed by atoms with E-state index in [-0.39, 0.29) is 5.91 Å². The van der Waals surface area contributed by atoms with E-state index >= 15 is 0 Å². The van der Waals surface area contributed by atoms with Crippen LogP contribution in [0.5, 0.6) is 0 Å². The first-order chi connectivity index (χ1) is 18.9. The highest BCUT2D eigenvalue weighted by molar-refractivity contribution is 5.95. The van der Waals surface area contributed by atoms with Crippen LogP contribution in [0.4, 0.5) is 5.69 Å². The highest BCUT2D eigenvalue weighted by Crippen LogP contribution is 2.25. The molecule has 0 atom stereocenters. The molecule has 5 rings (SSSR count). The molecule has 1 aliphatic rings. The second-order valence-electron chi connectivity index (χ2n) is 10.4. The maximum absolute atomic E-state index is 12.7.